The lowest BCUT2D eigenvalue weighted by molar-refractivity contribution is -0.132. The first-order valence-corrected chi connectivity index (χ1v) is 6.66. The Morgan fingerprint density at radius 1 is 1.56 bits per heavy atom. The Hall–Kier alpha value is -1.16. The molecule has 1 aliphatic rings. The van der Waals surface area contributed by atoms with Crippen LogP contribution in [0, 0.1) is 5.92 Å². The molecule has 1 amide bonds. The highest BCUT2D eigenvalue weighted by molar-refractivity contribution is 5.78. The van der Waals surface area contributed by atoms with Gasteiger partial charge in [-0.05, 0) is 33.2 Å². The summed E-state index contributed by atoms with van der Waals surface area (Å²) in [6, 6.07) is 0. The van der Waals surface area contributed by atoms with Gasteiger partial charge in [0, 0.05) is 25.6 Å². The summed E-state index contributed by atoms with van der Waals surface area (Å²) in [6.45, 7) is 11.1. The first-order chi connectivity index (χ1) is 8.56. The minimum atomic E-state index is 0.0998. The number of aldehydes is 1. The molecular weight excluding hydrogens is 228 g/mol. The zero-order chi connectivity index (χ0) is 13.5. The fourth-order valence-corrected chi connectivity index (χ4v) is 2.34. The lowest BCUT2D eigenvalue weighted by Crippen LogP contribution is -2.44. The third-order valence-electron chi connectivity index (χ3n) is 3.29. The number of hydrogen-bond donors (Lipinski definition) is 0. The van der Waals surface area contributed by atoms with Gasteiger partial charge in [0.05, 0.1) is 6.54 Å². The molecule has 0 spiro atoms. The number of likely N-dealkylation sites (tertiary alicyclic amines) is 1. The molecule has 0 aromatic carbocycles. The molecule has 1 aliphatic heterocycles. The summed E-state index contributed by atoms with van der Waals surface area (Å²) >= 11 is 0. The van der Waals surface area contributed by atoms with Crippen molar-refractivity contribution in [1.82, 2.24) is 9.80 Å². The third-order valence-corrected chi connectivity index (χ3v) is 3.29. The number of carbonyl (C=O) groups is 2. The number of amides is 1. The standard InChI is InChI=1S/C14H24N2O2/c1-4-16(8-12(2)3)14(18)10-15-7-5-6-13(9-15)11-17/h11,13H,2,4-10H2,1,3H3. The second-order valence-corrected chi connectivity index (χ2v) is 5.14. The zero-order valence-corrected chi connectivity index (χ0v) is 11.5. The van der Waals surface area contributed by atoms with Crippen LogP contribution < -0.4 is 0 Å². The molecule has 1 heterocycles. The molecule has 1 rings (SSSR count). The van der Waals surface area contributed by atoms with Crippen LogP contribution in [0.1, 0.15) is 26.7 Å². The summed E-state index contributed by atoms with van der Waals surface area (Å²) in [5, 5.41) is 0. The monoisotopic (exact) mass is 252 g/mol. The Kier molecular flexibility index (Phi) is 6.05. The Morgan fingerprint density at radius 2 is 2.28 bits per heavy atom. The first kappa shape index (κ1) is 14.9. The van der Waals surface area contributed by atoms with Crippen LogP contribution in [0.4, 0.5) is 0 Å². The lowest BCUT2D eigenvalue weighted by atomic mass is 10.00. The van der Waals surface area contributed by atoms with Crippen LogP contribution in [-0.2, 0) is 9.59 Å². The van der Waals surface area contributed by atoms with Crippen LogP contribution in [-0.4, -0.2) is 54.7 Å². The van der Waals surface area contributed by atoms with E-state index < -0.39 is 0 Å². The average molecular weight is 252 g/mol. The van der Waals surface area contributed by atoms with Gasteiger partial charge >= 0.3 is 0 Å². The third kappa shape index (κ3) is 4.61. The van der Waals surface area contributed by atoms with Gasteiger partial charge in [-0.1, -0.05) is 12.2 Å². The maximum Gasteiger partial charge on any atom is 0.237 e. The van der Waals surface area contributed by atoms with Crippen LogP contribution in [0.5, 0.6) is 0 Å². The topological polar surface area (TPSA) is 40.6 Å². The molecule has 0 radical (unpaired) electrons. The van der Waals surface area contributed by atoms with Crippen molar-refractivity contribution in [2.24, 2.45) is 5.92 Å². The van der Waals surface area contributed by atoms with Crippen molar-refractivity contribution in [3.05, 3.63) is 12.2 Å². The van der Waals surface area contributed by atoms with Crippen molar-refractivity contribution in [2.75, 3.05) is 32.7 Å². The molecule has 1 fully saturated rings. The summed E-state index contributed by atoms with van der Waals surface area (Å²) in [4.78, 5) is 26.8. The van der Waals surface area contributed by atoms with Gasteiger partial charge in [0.15, 0.2) is 0 Å². The molecule has 0 aromatic rings. The molecule has 0 aliphatic carbocycles. The quantitative estimate of drug-likeness (QED) is 0.529. The van der Waals surface area contributed by atoms with Crippen LogP contribution in [0.15, 0.2) is 12.2 Å². The number of nitrogens with zero attached hydrogens (tertiary/aromatic N) is 2. The van der Waals surface area contributed by atoms with E-state index in [0.29, 0.717) is 19.6 Å². The van der Waals surface area contributed by atoms with Gasteiger partial charge in [-0.15, -0.1) is 0 Å². The second-order valence-electron chi connectivity index (χ2n) is 5.14. The van der Waals surface area contributed by atoms with Gasteiger partial charge in [0.2, 0.25) is 5.91 Å². The van der Waals surface area contributed by atoms with Gasteiger partial charge in [-0.25, -0.2) is 0 Å². The maximum absolute atomic E-state index is 12.1. The number of piperidine rings is 1. The van der Waals surface area contributed by atoms with E-state index in [-0.39, 0.29) is 11.8 Å². The summed E-state index contributed by atoms with van der Waals surface area (Å²) in [5.74, 6) is 0.231. The normalized spacial score (nSPS) is 20.4. The number of likely N-dealkylation sites (N-methyl/N-ethyl adjacent to an activating group) is 1. The van der Waals surface area contributed by atoms with Gasteiger partial charge in [0.25, 0.3) is 0 Å². The van der Waals surface area contributed by atoms with E-state index in [2.05, 4.69) is 11.5 Å². The van der Waals surface area contributed by atoms with Crippen molar-refractivity contribution in [3.63, 3.8) is 0 Å². The van der Waals surface area contributed by atoms with Gasteiger partial charge < -0.3 is 9.69 Å². The van der Waals surface area contributed by atoms with E-state index in [1.54, 1.807) is 0 Å². The summed E-state index contributed by atoms with van der Waals surface area (Å²) in [5.41, 5.74) is 0.995. The molecule has 4 nitrogen and oxygen atoms in total. The molecule has 1 unspecified atom stereocenters. The van der Waals surface area contributed by atoms with Crippen molar-refractivity contribution in [2.45, 2.75) is 26.7 Å². The highest BCUT2D eigenvalue weighted by atomic mass is 16.2. The predicted molar refractivity (Wildman–Crippen MR) is 72.3 cm³/mol. The summed E-state index contributed by atoms with van der Waals surface area (Å²) in [7, 11) is 0. The minimum Gasteiger partial charge on any atom is -0.338 e. The van der Waals surface area contributed by atoms with Crippen molar-refractivity contribution in [3.8, 4) is 0 Å². The van der Waals surface area contributed by atoms with Gasteiger partial charge in [0.1, 0.15) is 6.29 Å². The fraction of sp³-hybridized carbons (Fsp3) is 0.714. The van der Waals surface area contributed by atoms with Crippen molar-refractivity contribution < 1.29 is 9.59 Å². The Balaban J connectivity index is 2.46. The lowest BCUT2D eigenvalue weighted by Gasteiger charge is -2.31. The van der Waals surface area contributed by atoms with Crippen molar-refractivity contribution >= 4 is 12.2 Å². The molecule has 0 bridgehead atoms. The van der Waals surface area contributed by atoms with Gasteiger partial charge in [-0.2, -0.15) is 0 Å². The van der Waals surface area contributed by atoms with Gasteiger partial charge in [-0.3, -0.25) is 9.69 Å². The van der Waals surface area contributed by atoms with E-state index in [4.69, 9.17) is 0 Å². The average Bonchev–Trinajstić information content (AvgIpc) is 2.35. The first-order valence-electron chi connectivity index (χ1n) is 6.66. The highest BCUT2D eigenvalue weighted by Crippen LogP contribution is 2.14. The molecule has 102 valence electrons. The molecule has 4 heteroatoms. The number of hydrogen-bond acceptors (Lipinski definition) is 3. The summed E-state index contributed by atoms with van der Waals surface area (Å²) < 4.78 is 0. The second kappa shape index (κ2) is 7.31. The van der Waals surface area contributed by atoms with E-state index in [0.717, 1.165) is 37.8 Å². The molecule has 1 atom stereocenters. The van der Waals surface area contributed by atoms with E-state index >= 15 is 0 Å². The Bertz CT molecular complexity index is 315. The maximum atomic E-state index is 12.1. The SMILES string of the molecule is C=C(C)CN(CC)C(=O)CN1CCCC(C=O)C1. The van der Waals surface area contributed by atoms with Crippen molar-refractivity contribution in [1.29, 1.82) is 0 Å². The molecule has 1 saturated heterocycles. The smallest absolute Gasteiger partial charge is 0.237 e. The number of rotatable bonds is 6. The highest BCUT2D eigenvalue weighted by Gasteiger charge is 2.22. The van der Waals surface area contributed by atoms with Crippen LogP contribution >= 0.6 is 0 Å². The largest absolute Gasteiger partial charge is 0.338 e. The Labute approximate surface area is 110 Å². The number of carbonyl (C=O) groups excluding carboxylic acids is 2. The molecule has 18 heavy (non-hydrogen) atoms. The van der Waals surface area contributed by atoms with E-state index in [1.165, 1.54) is 0 Å². The molecule has 0 aromatic heterocycles. The molecular formula is C14H24N2O2. The minimum absolute atomic E-state index is 0.0998. The van der Waals surface area contributed by atoms with Crippen LogP contribution in [0.25, 0.3) is 0 Å². The molecule has 0 saturated carbocycles. The molecule has 0 N–H and O–H groups in total. The summed E-state index contributed by atoms with van der Waals surface area (Å²) in [6.07, 6.45) is 2.98. The van der Waals surface area contributed by atoms with Crippen LogP contribution in [0.2, 0.25) is 0 Å². The fourth-order valence-electron chi connectivity index (χ4n) is 2.34. The predicted octanol–water partition coefficient (Wildman–Crippen LogP) is 1.32. The zero-order valence-electron chi connectivity index (χ0n) is 11.5. The van der Waals surface area contributed by atoms with E-state index in [9.17, 15) is 9.59 Å². The Morgan fingerprint density at radius 3 is 2.83 bits per heavy atom. The van der Waals surface area contributed by atoms with E-state index in [1.807, 2.05) is 18.7 Å². The van der Waals surface area contributed by atoms with Crippen LogP contribution in [0.3, 0.4) is 0 Å².